The Balaban J connectivity index is 1.48. The molecule has 0 amide bonds. The molecule has 0 saturated heterocycles. The maximum atomic E-state index is 5.97. The molecule has 0 spiro atoms. The molecule has 0 aromatic heterocycles. The fourth-order valence-electron chi connectivity index (χ4n) is 3.20. The molecule has 0 saturated carbocycles. The van der Waals surface area contributed by atoms with Crippen molar-refractivity contribution in [3.8, 4) is 16.9 Å². The molecule has 0 aliphatic rings. The van der Waals surface area contributed by atoms with E-state index >= 15 is 0 Å². The number of hydrogen-bond acceptors (Lipinski definition) is 2. The van der Waals surface area contributed by atoms with E-state index in [9.17, 15) is 0 Å². The van der Waals surface area contributed by atoms with Crippen LogP contribution in [0.4, 0.5) is 0 Å². The molecule has 0 heterocycles. The van der Waals surface area contributed by atoms with Crippen LogP contribution in [0.3, 0.4) is 0 Å². The molecule has 2 heteroatoms. The van der Waals surface area contributed by atoms with E-state index in [-0.39, 0.29) is 0 Å². The summed E-state index contributed by atoms with van der Waals surface area (Å²) in [6, 6.07) is 25.4. The van der Waals surface area contributed by atoms with Crippen molar-refractivity contribution >= 4 is 0 Å². The minimum absolute atomic E-state index is 0.735. The highest BCUT2D eigenvalue weighted by atomic mass is 16.5. The number of aryl methyl sites for hydroxylation is 2. The van der Waals surface area contributed by atoms with Crippen molar-refractivity contribution in [3.63, 3.8) is 0 Å². The van der Waals surface area contributed by atoms with E-state index in [4.69, 9.17) is 4.74 Å². The van der Waals surface area contributed by atoms with Gasteiger partial charge in [0.05, 0.1) is 6.61 Å². The zero-order valence-corrected chi connectivity index (χ0v) is 15.7. The molecule has 134 valence electrons. The predicted octanol–water partition coefficient (Wildman–Crippen LogP) is 5.53. The van der Waals surface area contributed by atoms with Gasteiger partial charge in [-0.05, 0) is 54.6 Å². The second kappa shape index (κ2) is 9.21. The molecule has 0 radical (unpaired) electrons. The second-order valence-corrected chi connectivity index (χ2v) is 6.62. The van der Waals surface area contributed by atoms with E-state index in [1.165, 1.54) is 27.8 Å². The highest BCUT2D eigenvalue weighted by Crippen LogP contribution is 2.23. The average Bonchev–Trinajstić information content (AvgIpc) is 2.67. The maximum absolute atomic E-state index is 5.97. The Labute approximate surface area is 156 Å². The highest BCUT2D eigenvalue weighted by Gasteiger charge is 2.04. The van der Waals surface area contributed by atoms with Gasteiger partial charge >= 0.3 is 0 Å². The Bertz CT molecular complexity index is 806. The Hall–Kier alpha value is -2.58. The van der Waals surface area contributed by atoms with Crippen molar-refractivity contribution in [2.75, 3.05) is 13.2 Å². The van der Waals surface area contributed by atoms with Crippen LogP contribution in [0.2, 0.25) is 0 Å². The monoisotopic (exact) mass is 345 g/mol. The average molecular weight is 345 g/mol. The third-order valence-electron chi connectivity index (χ3n) is 4.57. The van der Waals surface area contributed by atoms with Gasteiger partial charge in [0.2, 0.25) is 0 Å². The molecule has 0 aliphatic heterocycles. The fourth-order valence-corrected chi connectivity index (χ4v) is 3.20. The van der Waals surface area contributed by atoms with Crippen LogP contribution in [0.15, 0.2) is 72.8 Å². The molecule has 3 aromatic carbocycles. The van der Waals surface area contributed by atoms with Crippen molar-refractivity contribution in [2.24, 2.45) is 0 Å². The number of ether oxygens (including phenoxy) is 1. The number of hydrogen-bond donors (Lipinski definition) is 1. The molecule has 3 aromatic rings. The van der Waals surface area contributed by atoms with Crippen molar-refractivity contribution in [1.82, 2.24) is 5.32 Å². The molecule has 0 fully saturated rings. The summed E-state index contributed by atoms with van der Waals surface area (Å²) in [5.74, 6) is 1.03. The first kappa shape index (κ1) is 18.2. The van der Waals surface area contributed by atoms with Gasteiger partial charge in [0.25, 0.3) is 0 Å². The molecule has 3 rings (SSSR count). The molecule has 1 N–H and O–H groups in total. The van der Waals surface area contributed by atoms with Gasteiger partial charge in [-0.25, -0.2) is 0 Å². The maximum Gasteiger partial charge on any atom is 0.125 e. The largest absolute Gasteiger partial charge is 0.493 e. The van der Waals surface area contributed by atoms with E-state index < -0.39 is 0 Å². The SMILES string of the molecule is Cc1cccc(C)c1OCCCNCc1ccccc1-c1ccccc1. The third-order valence-corrected chi connectivity index (χ3v) is 4.57. The van der Waals surface area contributed by atoms with Crippen molar-refractivity contribution in [1.29, 1.82) is 0 Å². The summed E-state index contributed by atoms with van der Waals surface area (Å²) in [6.45, 7) is 6.74. The van der Waals surface area contributed by atoms with Gasteiger partial charge in [0.1, 0.15) is 5.75 Å². The lowest BCUT2D eigenvalue weighted by Gasteiger charge is -2.13. The lowest BCUT2D eigenvalue weighted by molar-refractivity contribution is 0.304. The summed E-state index contributed by atoms with van der Waals surface area (Å²) in [5.41, 5.74) is 6.30. The van der Waals surface area contributed by atoms with E-state index in [0.29, 0.717) is 0 Å². The van der Waals surface area contributed by atoms with Crippen molar-refractivity contribution < 1.29 is 4.74 Å². The summed E-state index contributed by atoms with van der Waals surface area (Å²) in [6.07, 6.45) is 0.987. The third kappa shape index (κ3) is 4.74. The zero-order valence-electron chi connectivity index (χ0n) is 15.7. The van der Waals surface area contributed by atoms with Gasteiger partial charge in [0, 0.05) is 6.54 Å². The van der Waals surface area contributed by atoms with Gasteiger partial charge in [0.15, 0.2) is 0 Å². The normalized spacial score (nSPS) is 10.7. The van der Waals surface area contributed by atoms with Crippen LogP contribution >= 0.6 is 0 Å². The second-order valence-electron chi connectivity index (χ2n) is 6.62. The lowest BCUT2D eigenvalue weighted by atomic mass is 10.00. The molecule has 2 nitrogen and oxygen atoms in total. The van der Waals surface area contributed by atoms with Crippen LogP contribution in [-0.4, -0.2) is 13.2 Å². The van der Waals surface area contributed by atoms with Crippen LogP contribution in [0, 0.1) is 13.8 Å². The highest BCUT2D eigenvalue weighted by molar-refractivity contribution is 5.67. The number of para-hydroxylation sites is 1. The summed E-state index contributed by atoms with van der Waals surface area (Å²) in [4.78, 5) is 0. The summed E-state index contributed by atoms with van der Waals surface area (Å²) < 4.78 is 5.97. The van der Waals surface area contributed by atoms with Crippen LogP contribution in [0.1, 0.15) is 23.1 Å². The van der Waals surface area contributed by atoms with Gasteiger partial charge in [-0.1, -0.05) is 72.8 Å². The topological polar surface area (TPSA) is 21.3 Å². The van der Waals surface area contributed by atoms with Crippen LogP contribution < -0.4 is 10.1 Å². The summed E-state index contributed by atoms with van der Waals surface area (Å²) >= 11 is 0. The lowest BCUT2D eigenvalue weighted by Crippen LogP contribution is -2.17. The number of benzene rings is 3. The smallest absolute Gasteiger partial charge is 0.125 e. The van der Waals surface area contributed by atoms with E-state index in [0.717, 1.165) is 31.9 Å². The number of rotatable bonds is 8. The van der Waals surface area contributed by atoms with Crippen LogP contribution in [0.5, 0.6) is 5.75 Å². The first-order valence-electron chi connectivity index (χ1n) is 9.29. The predicted molar refractivity (Wildman–Crippen MR) is 110 cm³/mol. The van der Waals surface area contributed by atoms with Crippen LogP contribution in [-0.2, 0) is 6.54 Å². The molecule has 0 bridgehead atoms. The summed E-state index contributed by atoms with van der Waals surface area (Å²) in [5, 5.41) is 3.55. The van der Waals surface area contributed by atoms with E-state index in [2.05, 4.69) is 92.0 Å². The zero-order chi connectivity index (χ0) is 18.2. The molecule has 26 heavy (non-hydrogen) atoms. The van der Waals surface area contributed by atoms with Gasteiger partial charge in [-0.2, -0.15) is 0 Å². The van der Waals surface area contributed by atoms with Crippen LogP contribution in [0.25, 0.3) is 11.1 Å². The fraction of sp³-hybridized carbons (Fsp3) is 0.250. The Kier molecular flexibility index (Phi) is 6.45. The Morgan fingerprint density at radius 1 is 0.769 bits per heavy atom. The molecular formula is C24H27NO. The summed E-state index contributed by atoms with van der Waals surface area (Å²) in [7, 11) is 0. The minimum Gasteiger partial charge on any atom is -0.493 e. The van der Waals surface area contributed by atoms with Gasteiger partial charge < -0.3 is 10.1 Å². The number of nitrogens with one attached hydrogen (secondary N) is 1. The molecule has 0 unspecified atom stereocenters. The Morgan fingerprint density at radius 2 is 1.46 bits per heavy atom. The van der Waals surface area contributed by atoms with E-state index in [1.54, 1.807) is 0 Å². The van der Waals surface area contributed by atoms with Gasteiger partial charge in [-0.15, -0.1) is 0 Å². The molecule has 0 aliphatic carbocycles. The quantitative estimate of drug-likeness (QED) is 0.542. The Morgan fingerprint density at radius 3 is 2.23 bits per heavy atom. The standard InChI is InChI=1S/C24H27NO/c1-19-10-8-11-20(2)24(19)26-17-9-16-25-18-22-14-6-7-15-23(22)21-12-4-3-5-13-21/h3-8,10-15,25H,9,16-18H2,1-2H3. The molecule has 0 atom stereocenters. The van der Waals surface area contributed by atoms with Crippen molar-refractivity contribution in [2.45, 2.75) is 26.8 Å². The molecular weight excluding hydrogens is 318 g/mol. The van der Waals surface area contributed by atoms with E-state index in [1.807, 2.05) is 0 Å². The first-order valence-corrected chi connectivity index (χ1v) is 9.29. The minimum atomic E-state index is 0.735. The first-order chi connectivity index (χ1) is 12.8. The van der Waals surface area contributed by atoms with Gasteiger partial charge in [-0.3, -0.25) is 0 Å². The van der Waals surface area contributed by atoms with Crippen molar-refractivity contribution in [3.05, 3.63) is 89.5 Å².